The van der Waals surface area contributed by atoms with Crippen LogP contribution in [0.15, 0.2) is 17.3 Å². The Bertz CT molecular complexity index is 533. The molecular weight excluding hydrogens is 263 g/mol. The first-order chi connectivity index (χ1) is 9.78. The fraction of sp³-hybridized carbons (Fsp3) is 0.500. The lowest BCUT2D eigenvalue weighted by Gasteiger charge is -2.11. The van der Waals surface area contributed by atoms with Gasteiger partial charge in [0.05, 0.1) is 13.2 Å². The molecule has 1 atom stereocenters. The van der Waals surface area contributed by atoms with Gasteiger partial charge in [0.1, 0.15) is 24.0 Å². The van der Waals surface area contributed by atoms with Crippen LogP contribution in [0.4, 0.5) is 4.39 Å². The molecule has 1 saturated heterocycles. The number of ether oxygens (including phenoxy) is 1. The van der Waals surface area contributed by atoms with Gasteiger partial charge >= 0.3 is 0 Å². The number of rotatable bonds is 4. The Morgan fingerprint density at radius 3 is 3.25 bits per heavy atom. The summed E-state index contributed by atoms with van der Waals surface area (Å²) in [6.45, 7) is 1.36. The minimum atomic E-state index is -0.227. The molecule has 1 unspecified atom stereocenters. The summed E-state index contributed by atoms with van der Waals surface area (Å²) in [5, 5.41) is 15.6. The molecule has 0 amide bonds. The van der Waals surface area contributed by atoms with Gasteiger partial charge in [-0.25, -0.2) is 4.39 Å². The molecule has 2 heterocycles. The second-order valence-electron chi connectivity index (χ2n) is 4.96. The third kappa shape index (κ3) is 2.56. The maximum absolute atomic E-state index is 14.1. The lowest BCUT2D eigenvalue weighted by Crippen LogP contribution is -2.15. The monoisotopic (exact) mass is 280 g/mol. The molecule has 0 radical (unpaired) electrons. The zero-order valence-electron chi connectivity index (χ0n) is 11.1. The van der Waals surface area contributed by atoms with E-state index in [1.807, 2.05) is 6.07 Å². The van der Waals surface area contributed by atoms with Gasteiger partial charge in [-0.3, -0.25) is 0 Å². The number of oxime groups is 1. The summed E-state index contributed by atoms with van der Waals surface area (Å²) in [5.41, 5.74) is 1.78. The zero-order valence-corrected chi connectivity index (χ0v) is 11.1. The molecule has 0 aliphatic carbocycles. The molecule has 0 aromatic heterocycles. The average molecular weight is 280 g/mol. The molecular formula is C14H17FN2O3. The quantitative estimate of drug-likeness (QED) is 0.642. The molecule has 6 heteroatoms. The molecule has 1 aromatic rings. The van der Waals surface area contributed by atoms with Crippen LogP contribution in [0, 0.1) is 5.82 Å². The van der Waals surface area contributed by atoms with Gasteiger partial charge in [0, 0.05) is 31.4 Å². The van der Waals surface area contributed by atoms with E-state index in [1.54, 1.807) is 0 Å². The lowest BCUT2D eigenvalue weighted by molar-refractivity contribution is 0.0977. The molecule has 1 aromatic carbocycles. The van der Waals surface area contributed by atoms with E-state index in [-0.39, 0.29) is 24.9 Å². The predicted octanol–water partition coefficient (Wildman–Crippen LogP) is 1.16. The Hall–Kier alpha value is -1.82. The Morgan fingerprint density at radius 2 is 2.40 bits per heavy atom. The van der Waals surface area contributed by atoms with Crippen molar-refractivity contribution in [2.45, 2.75) is 18.8 Å². The largest absolute Gasteiger partial charge is 0.493 e. The minimum Gasteiger partial charge on any atom is -0.493 e. The van der Waals surface area contributed by atoms with Gasteiger partial charge in [0.15, 0.2) is 0 Å². The Kier molecular flexibility index (Phi) is 3.73. The number of amidine groups is 1. The molecule has 5 nitrogen and oxygen atoms in total. The van der Waals surface area contributed by atoms with Gasteiger partial charge in [-0.1, -0.05) is 5.16 Å². The van der Waals surface area contributed by atoms with E-state index in [0.29, 0.717) is 36.7 Å². The smallest absolute Gasteiger partial charge is 0.142 e. The lowest BCUT2D eigenvalue weighted by atomic mass is 9.95. The summed E-state index contributed by atoms with van der Waals surface area (Å²) in [6, 6.07) is 3.39. The van der Waals surface area contributed by atoms with Crippen LogP contribution in [0.1, 0.15) is 23.5 Å². The molecule has 108 valence electrons. The summed E-state index contributed by atoms with van der Waals surface area (Å²) >= 11 is 0. The Balaban J connectivity index is 1.73. The van der Waals surface area contributed by atoms with Crippen LogP contribution in [-0.4, -0.2) is 37.3 Å². The molecule has 2 aliphatic heterocycles. The van der Waals surface area contributed by atoms with E-state index in [2.05, 4.69) is 10.5 Å². The maximum atomic E-state index is 14.1. The van der Waals surface area contributed by atoms with Crippen molar-refractivity contribution in [3.05, 3.63) is 29.1 Å². The van der Waals surface area contributed by atoms with Crippen LogP contribution >= 0.6 is 0 Å². The van der Waals surface area contributed by atoms with Crippen molar-refractivity contribution >= 4 is 5.84 Å². The minimum absolute atomic E-state index is 0.0531. The molecule has 2 N–H and O–H groups in total. The zero-order chi connectivity index (χ0) is 13.9. The van der Waals surface area contributed by atoms with E-state index in [4.69, 9.17) is 14.7 Å². The number of nitrogens with one attached hydrogen (secondary N) is 1. The first-order valence-corrected chi connectivity index (χ1v) is 6.76. The fourth-order valence-electron chi connectivity index (χ4n) is 2.61. The number of fused-ring (bicyclic) bond motifs is 1. The van der Waals surface area contributed by atoms with Crippen LogP contribution < -0.4 is 10.1 Å². The predicted molar refractivity (Wildman–Crippen MR) is 71.4 cm³/mol. The molecule has 2 aliphatic rings. The van der Waals surface area contributed by atoms with Crippen molar-refractivity contribution < 1.29 is 19.1 Å². The number of aliphatic hydroxyl groups excluding tert-OH is 1. The highest BCUT2D eigenvalue weighted by atomic mass is 19.1. The Morgan fingerprint density at radius 1 is 1.50 bits per heavy atom. The maximum Gasteiger partial charge on any atom is 0.142 e. The number of aliphatic hydroxyl groups is 1. The third-order valence-corrected chi connectivity index (χ3v) is 3.60. The van der Waals surface area contributed by atoms with E-state index >= 15 is 0 Å². The molecule has 0 saturated carbocycles. The summed E-state index contributed by atoms with van der Waals surface area (Å²) in [5.74, 6) is 1.18. The molecule has 20 heavy (non-hydrogen) atoms. The van der Waals surface area contributed by atoms with Gasteiger partial charge in [-0.2, -0.15) is 0 Å². The number of hydrogen-bond donors (Lipinski definition) is 2. The number of nitrogens with zero attached hydrogens (tertiary/aromatic N) is 1. The van der Waals surface area contributed by atoms with E-state index in [9.17, 15) is 4.39 Å². The van der Waals surface area contributed by atoms with Crippen molar-refractivity contribution in [3.63, 3.8) is 0 Å². The molecule has 0 bridgehead atoms. The van der Waals surface area contributed by atoms with E-state index in [0.717, 1.165) is 12.0 Å². The Labute approximate surface area is 116 Å². The van der Waals surface area contributed by atoms with Crippen molar-refractivity contribution in [3.8, 4) is 5.75 Å². The highest BCUT2D eigenvalue weighted by molar-refractivity contribution is 5.84. The van der Waals surface area contributed by atoms with Crippen LogP contribution in [0.5, 0.6) is 5.75 Å². The first kappa shape index (κ1) is 13.2. The third-order valence-electron chi connectivity index (χ3n) is 3.60. The van der Waals surface area contributed by atoms with Crippen molar-refractivity contribution in [1.29, 1.82) is 0 Å². The highest BCUT2D eigenvalue weighted by Crippen LogP contribution is 2.33. The number of hydrogen-bond acceptors (Lipinski definition) is 4. The van der Waals surface area contributed by atoms with E-state index in [1.165, 1.54) is 6.07 Å². The summed E-state index contributed by atoms with van der Waals surface area (Å²) in [4.78, 5) is 4.92. The van der Waals surface area contributed by atoms with Crippen molar-refractivity contribution in [1.82, 2.24) is 5.32 Å². The molecule has 3 rings (SSSR count). The fourth-order valence-corrected chi connectivity index (χ4v) is 2.61. The van der Waals surface area contributed by atoms with Gasteiger partial charge < -0.3 is 20.0 Å². The normalized spacial score (nSPS) is 22.5. The van der Waals surface area contributed by atoms with Crippen LogP contribution in [-0.2, 0) is 11.3 Å². The summed E-state index contributed by atoms with van der Waals surface area (Å²) < 4.78 is 19.5. The summed E-state index contributed by atoms with van der Waals surface area (Å²) in [6.07, 6.45) is 1.45. The number of benzene rings is 1. The van der Waals surface area contributed by atoms with Gasteiger partial charge in [0.2, 0.25) is 0 Å². The summed E-state index contributed by atoms with van der Waals surface area (Å²) in [7, 11) is 0. The molecule has 1 fully saturated rings. The highest BCUT2D eigenvalue weighted by Gasteiger charge is 2.27. The van der Waals surface area contributed by atoms with Crippen molar-refractivity contribution in [2.24, 2.45) is 5.16 Å². The van der Waals surface area contributed by atoms with Crippen LogP contribution in [0.25, 0.3) is 0 Å². The second-order valence-corrected chi connectivity index (χ2v) is 4.96. The first-order valence-electron chi connectivity index (χ1n) is 6.76. The topological polar surface area (TPSA) is 63.1 Å². The van der Waals surface area contributed by atoms with Crippen molar-refractivity contribution in [2.75, 3.05) is 26.4 Å². The van der Waals surface area contributed by atoms with Crippen LogP contribution in [0.3, 0.4) is 0 Å². The standard InChI is InChI=1S/C14H17FN2O3/c15-12-7-13-9(1-3-19-13)5-11(12)10-6-14(16-8-10)17-20-4-2-18/h5,7,10,18H,1-4,6,8H2,(H,16,17). The number of halogens is 1. The average Bonchev–Trinajstić information content (AvgIpc) is 3.06. The SMILES string of the molecule is OCCO/N=C1/CC(c2cc3c(cc2F)OCC3)CN1. The van der Waals surface area contributed by atoms with Gasteiger partial charge in [0.25, 0.3) is 0 Å². The van der Waals surface area contributed by atoms with Gasteiger partial charge in [-0.15, -0.1) is 0 Å². The van der Waals surface area contributed by atoms with E-state index < -0.39 is 0 Å². The molecule has 0 spiro atoms. The second kappa shape index (κ2) is 5.66. The van der Waals surface area contributed by atoms with Crippen LogP contribution in [0.2, 0.25) is 0 Å². The van der Waals surface area contributed by atoms with Gasteiger partial charge in [-0.05, 0) is 17.2 Å².